The fraction of sp³-hybridized carbons (Fsp3) is 0.154. The summed E-state index contributed by atoms with van der Waals surface area (Å²) in [4.78, 5) is 4.36. The van der Waals surface area contributed by atoms with Crippen LogP contribution in [0.4, 0.5) is 0 Å². The Morgan fingerprint density at radius 2 is 2.00 bits per heavy atom. The van der Waals surface area contributed by atoms with Gasteiger partial charge in [-0.25, -0.2) is 0 Å². The molecule has 0 atom stereocenters. The second-order valence-corrected chi connectivity index (χ2v) is 3.58. The zero-order valence-electron chi connectivity index (χ0n) is 8.77. The Hall–Kier alpha value is -1.67. The molecule has 2 nitrogen and oxygen atoms in total. The van der Waals surface area contributed by atoms with Gasteiger partial charge in [-0.1, -0.05) is 24.3 Å². The van der Waals surface area contributed by atoms with E-state index < -0.39 is 0 Å². The highest BCUT2D eigenvalue weighted by Gasteiger charge is 2.03. The van der Waals surface area contributed by atoms with Gasteiger partial charge in [0.25, 0.3) is 0 Å². The minimum Gasteiger partial charge on any atom is -0.326 e. The van der Waals surface area contributed by atoms with Crippen molar-refractivity contribution in [1.29, 1.82) is 0 Å². The normalized spacial score (nSPS) is 10.3. The second-order valence-electron chi connectivity index (χ2n) is 3.58. The molecule has 1 aromatic carbocycles. The largest absolute Gasteiger partial charge is 0.326 e. The lowest BCUT2D eigenvalue weighted by molar-refractivity contribution is 1.07. The summed E-state index contributed by atoms with van der Waals surface area (Å²) in [6.07, 6.45) is 1.83. The average molecular weight is 198 g/mol. The highest BCUT2D eigenvalue weighted by Crippen LogP contribution is 2.21. The van der Waals surface area contributed by atoms with Crippen molar-refractivity contribution in [2.24, 2.45) is 5.73 Å². The van der Waals surface area contributed by atoms with E-state index in [1.165, 1.54) is 5.56 Å². The van der Waals surface area contributed by atoms with Crippen LogP contribution in [-0.4, -0.2) is 4.98 Å². The van der Waals surface area contributed by atoms with Crippen LogP contribution in [0.15, 0.2) is 42.6 Å². The molecule has 0 saturated carbocycles. The molecule has 15 heavy (non-hydrogen) atoms. The Balaban J connectivity index is 2.53. The molecule has 1 aromatic heterocycles. The zero-order valence-corrected chi connectivity index (χ0v) is 8.77. The molecule has 1 heterocycles. The van der Waals surface area contributed by atoms with Crippen molar-refractivity contribution in [2.45, 2.75) is 13.5 Å². The van der Waals surface area contributed by atoms with Crippen LogP contribution in [-0.2, 0) is 6.54 Å². The summed E-state index contributed by atoms with van der Waals surface area (Å²) in [5.41, 5.74) is 10.2. The highest BCUT2D eigenvalue weighted by atomic mass is 14.7. The van der Waals surface area contributed by atoms with Crippen LogP contribution >= 0.6 is 0 Å². The van der Waals surface area contributed by atoms with Crippen LogP contribution in [0.25, 0.3) is 11.3 Å². The van der Waals surface area contributed by atoms with E-state index >= 15 is 0 Å². The molecule has 0 aliphatic carbocycles. The zero-order chi connectivity index (χ0) is 10.7. The smallest absolute Gasteiger partial charge is 0.0707 e. The second kappa shape index (κ2) is 4.24. The van der Waals surface area contributed by atoms with E-state index in [9.17, 15) is 0 Å². The number of hydrogen-bond acceptors (Lipinski definition) is 2. The minimum atomic E-state index is 0.547. The number of nitrogens with zero attached hydrogens (tertiary/aromatic N) is 1. The van der Waals surface area contributed by atoms with Gasteiger partial charge in [0.15, 0.2) is 0 Å². The molecule has 0 amide bonds. The van der Waals surface area contributed by atoms with Crippen molar-refractivity contribution in [1.82, 2.24) is 4.98 Å². The SMILES string of the molecule is Cc1ccnc(-c2ccccc2CN)c1. The molecule has 0 spiro atoms. The van der Waals surface area contributed by atoms with E-state index in [2.05, 4.69) is 24.0 Å². The monoisotopic (exact) mass is 198 g/mol. The molecular weight excluding hydrogens is 184 g/mol. The lowest BCUT2D eigenvalue weighted by atomic mass is 10.0. The van der Waals surface area contributed by atoms with E-state index in [0.29, 0.717) is 6.54 Å². The van der Waals surface area contributed by atoms with Crippen molar-refractivity contribution in [3.8, 4) is 11.3 Å². The molecule has 76 valence electrons. The Kier molecular flexibility index (Phi) is 2.79. The maximum atomic E-state index is 5.70. The molecule has 0 unspecified atom stereocenters. The third kappa shape index (κ3) is 2.05. The molecular formula is C13H14N2. The summed E-state index contributed by atoms with van der Waals surface area (Å²) in [6, 6.07) is 12.2. The van der Waals surface area contributed by atoms with Crippen LogP contribution in [0.2, 0.25) is 0 Å². The number of aryl methyl sites for hydroxylation is 1. The quantitative estimate of drug-likeness (QED) is 0.805. The van der Waals surface area contributed by atoms with E-state index in [1.807, 2.05) is 30.5 Å². The molecule has 2 rings (SSSR count). The molecule has 0 saturated heterocycles. The Bertz CT molecular complexity index is 464. The predicted octanol–water partition coefficient (Wildman–Crippen LogP) is 2.52. The molecule has 0 bridgehead atoms. The number of rotatable bonds is 2. The van der Waals surface area contributed by atoms with E-state index in [4.69, 9.17) is 5.73 Å². The van der Waals surface area contributed by atoms with Gasteiger partial charge in [0, 0.05) is 18.3 Å². The van der Waals surface area contributed by atoms with Crippen molar-refractivity contribution in [3.63, 3.8) is 0 Å². The van der Waals surface area contributed by atoms with Gasteiger partial charge in [-0.15, -0.1) is 0 Å². The topological polar surface area (TPSA) is 38.9 Å². The third-order valence-electron chi connectivity index (χ3n) is 2.43. The summed E-state index contributed by atoms with van der Waals surface area (Å²) < 4.78 is 0. The van der Waals surface area contributed by atoms with Gasteiger partial charge in [0.05, 0.1) is 5.69 Å². The first-order valence-electron chi connectivity index (χ1n) is 5.02. The summed E-state index contributed by atoms with van der Waals surface area (Å²) in [7, 11) is 0. The van der Waals surface area contributed by atoms with Crippen LogP contribution in [0, 0.1) is 6.92 Å². The van der Waals surface area contributed by atoms with Crippen molar-refractivity contribution in [3.05, 3.63) is 53.7 Å². The first-order chi connectivity index (χ1) is 7.31. The van der Waals surface area contributed by atoms with Crippen LogP contribution in [0.5, 0.6) is 0 Å². The number of nitrogens with two attached hydrogens (primary N) is 1. The van der Waals surface area contributed by atoms with Crippen molar-refractivity contribution < 1.29 is 0 Å². The maximum absolute atomic E-state index is 5.70. The number of aromatic nitrogens is 1. The molecule has 0 radical (unpaired) electrons. The summed E-state index contributed by atoms with van der Waals surface area (Å²) >= 11 is 0. The van der Waals surface area contributed by atoms with Crippen molar-refractivity contribution in [2.75, 3.05) is 0 Å². The lowest BCUT2D eigenvalue weighted by Gasteiger charge is -2.07. The van der Waals surface area contributed by atoms with E-state index in [1.54, 1.807) is 0 Å². The molecule has 2 aromatic rings. The van der Waals surface area contributed by atoms with Crippen LogP contribution < -0.4 is 5.73 Å². The van der Waals surface area contributed by atoms with Gasteiger partial charge in [-0.2, -0.15) is 0 Å². The summed E-state index contributed by atoms with van der Waals surface area (Å²) in [6.45, 7) is 2.61. The summed E-state index contributed by atoms with van der Waals surface area (Å²) in [5, 5.41) is 0. The number of hydrogen-bond donors (Lipinski definition) is 1. The van der Waals surface area contributed by atoms with Crippen LogP contribution in [0.1, 0.15) is 11.1 Å². The lowest BCUT2D eigenvalue weighted by Crippen LogP contribution is -1.99. The fourth-order valence-electron chi connectivity index (χ4n) is 1.63. The molecule has 2 N–H and O–H groups in total. The Labute approximate surface area is 89.8 Å². The Morgan fingerprint density at radius 1 is 1.20 bits per heavy atom. The first-order valence-corrected chi connectivity index (χ1v) is 5.02. The van der Waals surface area contributed by atoms with E-state index in [-0.39, 0.29) is 0 Å². The van der Waals surface area contributed by atoms with Crippen LogP contribution in [0.3, 0.4) is 0 Å². The fourth-order valence-corrected chi connectivity index (χ4v) is 1.63. The van der Waals surface area contributed by atoms with Gasteiger partial charge < -0.3 is 5.73 Å². The number of benzene rings is 1. The van der Waals surface area contributed by atoms with Gasteiger partial charge in [0.2, 0.25) is 0 Å². The third-order valence-corrected chi connectivity index (χ3v) is 2.43. The average Bonchev–Trinajstić information content (AvgIpc) is 2.29. The molecule has 0 fully saturated rings. The molecule has 0 aliphatic rings. The van der Waals surface area contributed by atoms with Gasteiger partial charge in [-0.3, -0.25) is 4.98 Å². The van der Waals surface area contributed by atoms with Gasteiger partial charge in [-0.05, 0) is 30.2 Å². The van der Waals surface area contributed by atoms with Crippen molar-refractivity contribution >= 4 is 0 Å². The predicted molar refractivity (Wildman–Crippen MR) is 62.3 cm³/mol. The number of pyridine rings is 1. The van der Waals surface area contributed by atoms with Gasteiger partial charge >= 0.3 is 0 Å². The molecule has 2 heteroatoms. The Morgan fingerprint density at radius 3 is 2.73 bits per heavy atom. The summed E-state index contributed by atoms with van der Waals surface area (Å²) in [5.74, 6) is 0. The minimum absolute atomic E-state index is 0.547. The first kappa shape index (κ1) is 9.87. The highest BCUT2D eigenvalue weighted by molar-refractivity contribution is 5.63. The molecule has 0 aliphatic heterocycles. The standard InChI is InChI=1S/C13H14N2/c1-10-6-7-15-13(8-10)12-5-3-2-4-11(12)9-14/h2-8H,9,14H2,1H3. The maximum Gasteiger partial charge on any atom is 0.0707 e. The van der Waals surface area contributed by atoms with Gasteiger partial charge in [0.1, 0.15) is 0 Å². The van der Waals surface area contributed by atoms with E-state index in [0.717, 1.165) is 16.8 Å².